The lowest BCUT2D eigenvalue weighted by atomic mass is 9.99. The number of hydrogen-bond acceptors (Lipinski definition) is 20. The van der Waals surface area contributed by atoms with Crippen LogP contribution in [0.5, 0.6) is 23.0 Å². The van der Waals surface area contributed by atoms with Gasteiger partial charge in [0.05, 0.1) is 19.3 Å². The molecule has 3 aliphatic rings. The average Bonchev–Trinajstić information content (AvgIpc) is 3.14. The molecule has 53 heavy (non-hydrogen) atoms. The molecule has 0 saturated carbocycles. The quantitative estimate of drug-likeness (QED) is 0.0983. The number of aliphatic hydroxyl groups excluding tert-OH is 11. The van der Waals surface area contributed by atoms with Crippen LogP contribution in [-0.4, -0.2) is 167 Å². The standard InChI is InChI=1S/C33H40O20/c1-10-19(37)23(41)26(44)31(47-10)49-13-6-14(36)18-15(7-13)50-29(30(22(18)40)53-33-28(46)25(43)21(39)17(9-35)52-33)11-2-4-12(5-3-11)48-32-27(45)24(42)20(38)16(8-34)51-32/h2-7,10,16-17,19-21,23-28,31-39,41-46H,8-9H2,1H3/t10-,16+,17+,19-,20+,21+,23+,24-,25-,26+,27+,28+,31-,32+,33-/m0/s1. The number of phenols is 1. The molecule has 6 rings (SSSR count). The van der Waals surface area contributed by atoms with Gasteiger partial charge in [-0.25, -0.2) is 0 Å². The number of aliphatic hydroxyl groups is 11. The molecule has 0 radical (unpaired) electrons. The van der Waals surface area contributed by atoms with E-state index < -0.39 is 128 Å². The second kappa shape index (κ2) is 15.6. The Kier molecular flexibility index (Phi) is 11.5. The number of rotatable bonds is 9. The smallest absolute Gasteiger partial charge is 0.239 e. The average molecular weight is 757 g/mol. The zero-order chi connectivity index (χ0) is 38.5. The predicted octanol–water partition coefficient (Wildman–Crippen LogP) is -4.27. The first-order chi connectivity index (χ1) is 25.1. The Bertz CT molecular complexity index is 1780. The highest BCUT2D eigenvalue weighted by Crippen LogP contribution is 2.39. The predicted molar refractivity (Wildman–Crippen MR) is 171 cm³/mol. The van der Waals surface area contributed by atoms with Gasteiger partial charge in [-0.15, -0.1) is 0 Å². The Morgan fingerprint density at radius 2 is 1.09 bits per heavy atom. The highest BCUT2D eigenvalue weighted by Gasteiger charge is 2.47. The summed E-state index contributed by atoms with van der Waals surface area (Å²) in [5.74, 6) is -1.95. The van der Waals surface area contributed by atoms with E-state index in [0.717, 1.165) is 12.1 Å². The Morgan fingerprint density at radius 1 is 0.604 bits per heavy atom. The van der Waals surface area contributed by atoms with E-state index in [0.29, 0.717) is 0 Å². The van der Waals surface area contributed by atoms with Crippen LogP contribution in [0.25, 0.3) is 22.3 Å². The van der Waals surface area contributed by atoms with Crippen LogP contribution in [0, 0.1) is 0 Å². The van der Waals surface area contributed by atoms with Gasteiger partial charge in [-0.1, -0.05) is 0 Å². The summed E-state index contributed by atoms with van der Waals surface area (Å²) in [6, 6.07) is 7.43. The van der Waals surface area contributed by atoms with Crippen LogP contribution >= 0.6 is 0 Å². The molecule has 3 fully saturated rings. The SMILES string of the molecule is C[C@@H]1O[C@@H](Oc2cc(O)c3c(=O)c(O[C@@H]4O[C@H](CO)[C@@H](O)[C@H](O)[C@H]4O)c(-c4ccc(O[C@@H]5O[C@H](CO)[C@@H](O)[C@H](O)[C@H]5O)cc4)oc3c2)[C@H](O)[C@H](O)[C@H]1O. The van der Waals surface area contributed by atoms with E-state index in [4.69, 9.17) is 32.8 Å². The van der Waals surface area contributed by atoms with Gasteiger partial charge in [0, 0.05) is 17.7 Å². The highest BCUT2D eigenvalue weighted by molar-refractivity contribution is 5.88. The van der Waals surface area contributed by atoms with Gasteiger partial charge in [0.1, 0.15) is 95.4 Å². The normalized spacial score (nSPS) is 37.7. The van der Waals surface area contributed by atoms with Gasteiger partial charge in [0.2, 0.25) is 30.0 Å². The summed E-state index contributed by atoms with van der Waals surface area (Å²) in [6.45, 7) is -0.0726. The summed E-state index contributed by atoms with van der Waals surface area (Å²) in [5, 5.41) is 122. The molecule has 3 saturated heterocycles. The third-order valence-electron chi connectivity index (χ3n) is 9.27. The lowest BCUT2D eigenvalue weighted by molar-refractivity contribution is -0.277. The molecule has 1 aromatic heterocycles. The van der Waals surface area contributed by atoms with E-state index in [-0.39, 0.29) is 28.4 Å². The van der Waals surface area contributed by atoms with E-state index >= 15 is 0 Å². The van der Waals surface area contributed by atoms with Crippen molar-refractivity contribution >= 4 is 11.0 Å². The maximum absolute atomic E-state index is 14.0. The van der Waals surface area contributed by atoms with Crippen LogP contribution < -0.4 is 19.6 Å². The molecule has 2 aromatic carbocycles. The molecular weight excluding hydrogens is 716 g/mol. The molecule has 0 spiro atoms. The number of benzene rings is 2. The van der Waals surface area contributed by atoms with Crippen LogP contribution in [0.1, 0.15) is 6.92 Å². The largest absolute Gasteiger partial charge is 0.507 e. The summed E-state index contributed by atoms with van der Waals surface area (Å²) in [4.78, 5) is 14.0. The van der Waals surface area contributed by atoms with Crippen molar-refractivity contribution in [2.45, 2.75) is 99.0 Å². The summed E-state index contributed by atoms with van der Waals surface area (Å²) in [5.41, 5.74) is -1.28. The van der Waals surface area contributed by atoms with Crippen molar-refractivity contribution in [1.29, 1.82) is 0 Å². The van der Waals surface area contributed by atoms with Crippen molar-refractivity contribution < 1.29 is 94.1 Å². The van der Waals surface area contributed by atoms with E-state index in [1.54, 1.807) is 0 Å². The van der Waals surface area contributed by atoms with E-state index in [9.17, 15) is 66.1 Å². The van der Waals surface area contributed by atoms with Crippen molar-refractivity contribution in [3.8, 4) is 34.3 Å². The summed E-state index contributed by atoms with van der Waals surface area (Å²) >= 11 is 0. The Balaban J connectivity index is 1.38. The van der Waals surface area contributed by atoms with Crippen molar-refractivity contribution in [3.63, 3.8) is 0 Å². The molecule has 0 unspecified atom stereocenters. The van der Waals surface area contributed by atoms with Gasteiger partial charge in [-0.2, -0.15) is 0 Å². The van der Waals surface area contributed by atoms with Crippen LogP contribution in [0.3, 0.4) is 0 Å². The second-order valence-corrected chi connectivity index (χ2v) is 12.9. The summed E-state index contributed by atoms with van der Waals surface area (Å²) < 4.78 is 39.3. The molecule has 4 heterocycles. The minimum Gasteiger partial charge on any atom is -0.507 e. The molecule has 3 aromatic rings. The lowest BCUT2D eigenvalue weighted by Gasteiger charge is -2.39. The van der Waals surface area contributed by atoms with Crippen molar-refractivity contribution in [2.24, 2.45) is 0 Å². The minimum absolute atomic E-state index is 0.0264. The van der Waals surface area contributed by atoms with Gasteiger partial charge in [0.25, 0.3) is 0 Å². The Hall–Kier alpha value is -3.71. The van der Waals surface area contributed by atoms with Gasteiger partial charge in [-0.05, 0) is 31.2 Å². The van der Waals surface area contributed by atoms with Gasteiger partial charge < -0.3 is 94.1 Å². The molecule has 12 N–H and O–H groups in total. The van der Waals surface area contributed by atoms with Gasteiger partial charge in [-0.3, -0.25) is 4.79 Å². The number of fused-ring (bicyclic) bond motifs is 1. The maximum atomic E-state index is 14.0. The molecule has 20 heteroatoms. The summed E-state index contributed by atoms with van der Waals surface area (Å²) in [7, 11) is 0. The zero-order valence-corrected chi connectivity index (χ0v) is 27.7. The first kappa shape index (κ1) is 39.0. The highest BCUT2D eigenvalue weighted by atomic mass is 16.7. The summed E-state index contributed by atoms with van der Waals surface area (Å²) in [6.07, 6.45) is -24.0. The molecular formula is C33H40O20. The molecule has 292 valence electrons. The number of aromatic hydroxyl groups is 1. The minimum atomic E-state index is -1.95. The van der Waals surface area contributed by atoms with Crippen LogP contribution in [0.2, 0.25) is 0 Å². The maximum Gasteiger partial charge on any atom is 0.239 e. The van der Waals surface area contributed by atoms with Crippen molar-refractivity contribution in [1.82, 2.24) is 0 Å². The zero-order valence-electron chi connectivity index (χ0n) is 27.7. The first-order valence-electron chi connectivity index (χ1n) is 16.4. The fourth-order valence-electron chi connectivity index (χ4n) is 6.13. The fraction of sp³-hybridized carbons (Fsp3) is 0.545. The number of ether oxygens (including phenoxy) is 6. The number of phenolic OH excluding ortho intramolecular Hbond substituents is 1. The van der Waals surface area contributed by atoms with Crippen molar-refractivity contribution in [3.05, 3.63) is 46.6 Å². The van der Waals surface area contributed by atoms with Crippen LogP contribution in [0.15, 0.2) is 45.6 Å². The van der Waals surface area contributed by atoms with Gasteiger partial charge in [0.15, 0.2) is 5.76 Å². The van der Waals surface area contributed by atoms with Crippen LogP contribution in [0.4, 0.5) is 0 Å². The van der Waals surface area contributed by atoms with E-state index in [1.807, 2.05) is 0 Å². The van der Waals surface area contributed by atoms with Crippen LogP contribution in [-0.2, 0) is 14.2 Å². The molecule has 0 bridgehead atoms. The first-order valence-corrected chi connectivity index (χ1v) is 16.4. The van der Waals surface area contributed by atoms with Gasteiger partial charge >= 0.3 is 0 Å². The third-order valence-corrected chi connectivity index (χ3v) is 9.27. The lowest BCUT2D eigenvalue weighted by Crippen LogP contribution is -2.60. The number of hydrogen-bond donors (Lipinski definition) is 12. The molecule has 20 nitrogen and oxygen atoms in total. The monoisotopic (exact) mass is 756 g/mol. The Morgan fingerprint density at radius 3 is 1.64 bits per heavy atom. The second-order valence-electron chi connectivity index (χ2n) is 12.9. The Labute approximate surface area is 298 Å². The molecule has 15 atom stereocenters. The topological polar surface area (TPSA) is 328 Å². The fourth-order valence-corrected chi connectivity index (χ4v) is 6.13. The third kappa shape index (κ3) is 7.39. The van der Waals surface area contributed by atoms with E-state index in [1.165, 1.54) is 31.2 Å². The molecule has 0 amide bonds. The molecule has 3 aliphatic heterocycles. The molecule has 0 aliphatic carbocycles. The van der Waals surface area contributed by atoms with E-state index in [2.05, 4.69) is 0 Å². The van der Waals surface area contributed by atoms with Crippen molar-refractivity contribution in [2.75, 3.05) is 13.2 Å².